The standard InChI is InChI=1S/C13H16BrF2NO/c1-10(11-5-3-2-4-6-11)13(18)17(8-7-14)9-12(15)16/h2-6,10,12H,7-9H2,1H3. The number of amides is 1. The first-order valence-electron chi connectivity index (χ1n) is 5.74. The lowest BCUT2D eigenvalue weighted by molar-refractivity contribution is -0.134. The molecule has 100 valence electrons. The van der Waals surface area contributed by atoms with Gasteiger partial charge in [0, 0.05) is 11.9 Å². The van der Waals surface area contributed by atoms with E-state index in [2.05, 4.69) is 15.9 Å². The van der Waals surface area contributed by atoms with E-state index < -0.39 is 18.9 Å². The average molecular weight is 320 g/mol. The highest BCUT2D eigenvalue weighted by molar-refractivity contribution is 9.09. The van der Waals surface area contributed by atoms with Crippen LogP contribution in [0.3, 0.4) is 0 Å². The van der Waals surface area contributed by atoms with Gasteiger partial charge in [-0.2, -0.15) is 0 Å². The van der Waals surface area contributed by atoms with E-state index in [0.717, 1.165) is 5.56 Å². The molecule has 0 aliphatic heterocycles. The van der Waals surface area contributed by atoms with Crippen molar-refractivity contribution in [3.8, 4) is 0 Å². The molecule has 0 aromatic heterocycles. The number of carbonyl (C=O) groups excluding carboxylic acids is 1. The van der Waals surface area contributed by atoms with E-state index in [1.54, 1.807) is 6.92 Å². The van der Waals surface area contributed by atoms with Gasteiger partial charge in [0.1, 0.15) is 0 Å². The lowest BCUT2D eigenvalue weighted by atomic mass is 10.00. The molecule has 0 heterocycles. The Morgan fingerprint density at radius 1 is 1.33 bits per heavy atom. The highest BCUT2D eigenvalue weighted by Gasteiger charge is 2.23. The summed E-state index contributed by atoms with van der Waals surface area (Å²) in [6.45, 7) is 1.52. The van der Waals surface area contributed by atoms with Gasteiger partial charge in [-0.1, -0.05) is 46.3 Å². The van der Waals surface area contributed by atoms with Crippen LogP contribution in [0.15, 0.2) is 30.3 Å². The maximum atomic E-state index is 12.4. The van der Waals surface area contributed by atoms with Crippen molar-refractivity contribution in [1.82, 2.24) is 4.90 Å². The lowest BCUT2D eigenvalue weighted by Gasteiger charge is -2.25. The third kappa shape index (κ3) is 4.37. The van der Waals surface area contributed by atoms with Gasteiger partial charge < -0.3 is 4.90 Å². The quantitative estimate of drug-likeness (QED) is 0.737. The number of hydrogen-bond acceptors (Lipinski definition) is 1. The van der Waals surface area contributed by atoms with Gasteiger partial charge in [-0.05, 0) is 12.5 Å². The summed E-state index contributed by atoms with van der Waals surface area (Å²) in [4.78, 5) is 13.3. The summed E-state index contributed by atoms with van der Waals surface area (Å²) in [6.07, 6.45) is -2.50. The second-order valence-corrected chi connectivity index (χ2v) is 4.79. The zero-order valence-electron chi connectivity index (χ0n) is 10.2. The Hall–Kier alpha value is -0.970. The smallest absolute Gasteiger partial charge is 0.255 e. The molecule has 0 aliphatic rings. The van der Waals surface area contributed by atoms with Crippen molar-refractivity contribution in [3.63, 3.8) is 0 Å². The fraction of sp³-hybridized carbons (Fsp3) is 0.462. The Morgan fingerprint density at radius 3 is 2.44 bits per heavy atom. The largest absolute Gasteiger partial charge is 0.336 e. The van der Waals surface area contributed by atoms with Crippen LogP contribution in [0.1, 0.15) is 18.4 Å². The van der Waals surface area contributed by atoms with Gasteiger partial charge in [0.15, 0.2) is 0 Å². The molecule has 1 unspecified atom stereocenters. The van der Waals surface area contributed by atoms with Crippen molar-refractivity contribution >= 4 is 21.8 Å². The van der Waals surface area contributed by atoms with E-state index in [4.69, 9.17) is 0 Å². The van der Waals surface area contributed by atoms with Crippen LogP contribution in [0.5, 0.6) is 0 Å². The molecule has 1 aromatic rings. The van der Waals surface area contributed by atoms with Crippen LogP contribution in [0.4, 0.5) is 8.78 Å². The van der Waals surface area contributed by atoms with Gasteiger partial charge in [-0.25, -0.2) is 8.78 Å². The molecule has 1 amide bonds. The summed E-state index contributed by atoms with van der Waals surface area (Å²) >= 11 is 3.17. The fourth-order valence-corrected chi connectivity index (χ4v) is 2.15. The van der Waals surface area contributed by atoms with Crippen LogP contribution in [0.25, 0.3) is 0 Å². The van der Waals surface area contributed by atoms with Crippen molar-refractivity contribution in [1.29, 1.82) is 0 Å². The number of halogens is 3. The van der Waals surface area contributed by atoms with Gasteiger partial charge in [0.05, 0.1) is 12.5 Å². The Bertz CT molecular complexity index is 373. The molecule has 2 nitrogen and oxygen atoms in total. The number of hydrogen-bond donors (Lipinski definition) is 0. The van der Waals surface area contributed by atoms with Gasteiger partial charge in [-0.15, -0.1) is 0 Å². The Kier molecular flexibility index (Phi) is 6.25. The highest BCUT2D eigenvalue weighted by atomic mass is 79.9. The summed E-state index contributed by atoms with van der Waals surface area (Å²) < 4.78 is 24.9. The topological polar surface area (TPSA) is 20.3 Å². The summed E-state index contributed by atoms with van der Waals surface area (Å²) in [7, 11) is 0. The van der Waals surface area contributed by atoms with Gasteiger partial charge in [0.2, 0.25) is 5.91 Å². The Balaban J connectivity index is 2.76. The number of alkyl halides is 3. The van der Waals surface area contributed by atoms with Crippen LogP contribution in [0, 0.1) is 0 Å². The predicted octanol–water partition coefficient (Wildman–Crippen LogP) is 3.28. The molecule has 1 aromatic carbocycles. The molecule has 0 fully saturated rings. The normalized spacial score (nSPS) is 12.5. The Labute approximate surface area is 114 Å². The van der Waals surface area contributed by atoms with Crippen LogP contribution in [0.2, 0.25) is 0 Å². The number of nitrogens with zero attached hydrogens (tertiary/aromatic N) is 1. The fourth-order valence-electron chi connectivity index (χ4n) is 1.72. The maximum absolute atomic E-state index is 12.4. The molecular weight excluding hydrogens is 304 g/mol. The minimum Gasteiger partial charge on any atom is -0.336 e. The highest BCUT2D eigenvalue weighted by Crippen LogP contribution is 2.18. The monoisotopic (exact) mass is 319 g/mol. The first-order chi connectivity index (χ1) is 8.56. The molecule has 0 saturated heterocycles. The van der Waals surface area contributed by atoms with Gasteiger partial charge in [-0.3, -0.25) is 4.79 Å². The molecule has 1 atom stereocenters. The summed E-state index contributed by atoms with van der Waals surface area (Å²) in [5.74, 6) is -0.662. The predicted molar refractivity (Wildman–Crippen MR) is 71.2 cm³/mol. The van der Waals surface area contributed by atoms with E-state index >= 15 is 0 Å². The average Bonchev–Trinajstić information content (AvgIpc) is 2.37. The summed E-state index contributed by atoms with van der Waals surface area (Å²) in [5, 5.41) is 0.493. The van der Waals surface area contributed by atoms with Crippen molar-refractivity contribution in [2.24, 2.45) is 0 Å². The molecule has 0 bridgehead atoms. The first-order valence-corrected chi connectivity index (χ1v) is 6.86. The zero-order chi connectivity index (χ0) is 13.5. The third-order valence-corrected chi connectivity index (χ3v) is 3.05. The van der Waals surface area contributed by atoms with Crippen LogP contribution >= 0.6 is 15.9 Å². The van der Waals surface area contributed by atoms with Crippen LogP contribution in [-0.4, -0.2) is 35.7 Å². The Morgan fingerprint density at radius 2 is 1.94 bits per heavy atom. The van der Waals surface area contributed by atoms with Crippen molar-refractivity contribution in [2.75, 3.05) is 18.4 Å². The number of carbonyl (C=O) groups is 1. The van der Waals surface area contributed by atoms with E-state index in [1.165, 1.54) is 4.90 Å². The second-order valence-electron chi connectivity index (χ2n) is 4.00. The third-order valence-electron chi connectivity index (χ3n) is 2.69. The lowest BCUT2D eigenvalue weighted by Crippen LogP contribution is -2.39. The van der Waals surface area contributed by atoms with Gasteiger partial charge >= 0.3 is 0 Å². The maximum Gasteiger partial charge on any atom is 0.255 e. The van der Waals surface area contributed by atoms with Gasteiger partial charge in [0.25, 0.3) is 6.43 Å². The summed E-state index contributed by atoms with van der Waals surface area (Å²) in [6, 6.07) is 9.19. The van der Waals surface area contributed by atoms with Crippen molar-refractivity contribution < 1.29 is 13.6 Å². The van der Waals surface area contributed by atoms with E-state index in [1.807, 2.05) is 30.3 Å². The molecule has 0 spiro atoms. The zero-order valence-corrected chi connectivity index (χ0v) is 11.7. The molecule has 18 heavy (non-hydrogen) atoms. The summed E-state index contributed by atoms with van der Waals surface area (Å²) in [5.41, 5.74) is 0.844. The SMILES string of the molecule is CC(C(=O)N(CCBr)CC(F)F)c1ccccc1. The molecular formula is C13H16BrF2NO. The minimum absolute atomic E-state index is 0.263. The minimum atomic E-state index is -2.50. The van der Waals surface area contributed by atoms with E-state index in [9.17, 15) is 13.6 Å². The molecule has 0 saturated carbocycles. The first kappa shape index (κ1) is 15.1. The van der Waals surface area contributed by atoms with Crippen LogP contribution in [-0.2, 0) is 4.79 Å². The second kappa shape index (κ2) is 7.46. The molecule has 5 heteroatoms. The number of rotatable bonds is 6. The van der Waals surface area contributed by atoms with Crippen LogP contribution < -0.4 is 0 Å². The van der Waals surface area contributed by atoms with Crippen molar-refractivity contribution in [2.45, 2.75) is 19.3 Å². The van der Waals surface area contributed by atoms with E-state index in [0.29, 0.717) is 11.9 Å². The molecule has 0 radical (unpaired) electrons. The molecule has 0 aliphatic carbocycles. The van der Waals surface area contributed by atoms with Crippen molar-refractivity contribution in [3.05, 3.63) is 35.9 Å². The van der Waals surface area contributed by atoms with E-state index in [-0.39, 0.29) is 5.91 Å². The molecule has 0 N–H and O–H groups in total. The number of benzene rings is 1. The molecule has 1 rings (SSSR count).